The van der Waals surface area contributed by atoms with Gasteiger partial charge in [-0.1, -0.05) is 23.7 Å². The second-order valence-electron chi connectivity index (χ2n) is 8.32. The third-order valence-electron chi connectivity index (χ3n) is 5.65. The van der Waals surface area contributed by atoms with Crippen LogP contribution in [0.3, 0.4) is 0 Å². The first-order valence-electron chi connectivity index (χ1n) is 11.8. The van der Waals surface area contributed by atoms with E-state index in [4.69, 9.17) is 20.8 Å². The van der Waals surface area contributed by atoms with Gasteiger partial charge in [-0.05, 0) is 54.6 Å². The van der Waals surface area contributed by atoms with Gasteiger partial charge in [0.1, 0.15) is 10.6 Å². The van der Waals surface area contributed by atoms with E-state index in [2.05, 4.69) is 15.8 Å². The molecule has 0 aliphatic heterocycles. The Morgan fingerprint density at radius 1 is 1.00 bits per heavy atom. The van der Waals surface area contributed by atoms with Crippen LogP contribution >= 0.6 is 22.9 Å². The summed E-state index contributed by atoms with van der Waals surface area (Å²) >= 11 is 7.39. The average molecular weight is 589 g/mol. The lowest BCUT2D eigenvalue weighted by Crippen LogP contribution is -2.18. The van der Waals surface area contributed by atoms with E-state index in [1.807, 2.05) is 0 Å². The lowest BCUT2D eigenvalue weighted by Gasteiger charge is -2.06. The Labute approximate surface area is 240 Å². The molecule has 2 amide bonds. The molecule has 0 unspecified atom stereocenters. The van der Waals surface area contributed by atoms with Crippen LogP contribution in [-0.2, 0) is 0 Å². The third-order valence-corrected chi connectivity index (χ3v) is 7.30. The number of hydrogen-bond donors (Lipinski definition) is 2. The summed E-state index contributed by atoms with van der Waals surface area (Å²) in [6, 6.07) is 19.9. The highest BCUT2D eigenvalue weighted by Crippen LogP contribution is 2.37. The van der Waals surface area contributed by atoms with Crippen molar-refractivity contribution in [2.45, 2.75) is 0 Å². The minimum Gasteiger partial charge on any atom is -0.457 e. The zero-order valence-electron chi connectivity index (χ0n) is 20.7. The molecule has 0 bridgehead atoms. The number of non-ortho nitro benzene ring substituents is 1. The van der Waals surface area contributed by atoms with Crippen molar-refractivity contribution in [2.75, 3.05) is 5.32 Å². The zero-order valence-corrected chi connectivity index (χ0v) is 22.3. The van der Waals surface area contributed by atoms with Gasteiger partial charge in [-0.3, -0.25) is 19.7 Å². The van der Waals surface area contributed by atoms with Gasteiger partial charge in [0, 0.05) is 39.0 Å². The number of amides is 2. The van der Waals surface area contributed by atoms with Crippen LogP contribution in [0.4, 0.5) is 11.4 Å². The van der Waals surface area contributed by atoms with Crippen LogP contribution in [0.1, 0.15) is 36.1 Å². The Bertz CT molecular complexity index is 1820. The number of anilines is 1. The molecule has 0 atom stereocenters. The normalized spacial score (nSPS) is 11.0. The van der Waals surface area contributed by atoms with Crippen LogP contribution in [0.25, 0.3) is 10.1 Å². The number of esters is 1. The molecule has 0 spiro atoms. The van der Waals surface area contributed by atoms with Crippen molar-refractivity contribution in [1.82, 2.24) is 5.43 Å². The van der Waals surface area contributed by atoms with E-state index in [0.717, 1.165) is 11.3 Å². The smallest absolute Gasteiger partial charge is 0.379 e. The van der Waals surface area contributed by atoms with E-state index in [1.54, 1.807) is 30.3 Å². The van der Waals surface area contributed by atoms with Gasteiger partial charge in [-0.15, -0.1) is 11.3 Å². The fourth-order valence-corrected chi connectivity index (χ4v) is 5.10. The van der Waals surface area contributed by atoms with E-state index in [9.17, 15) is 24.5 Å². The van der Waals surface area contributed by atoms with Gasteiger partial charge in [0.05, 0.1) is 22.4 Å². The van der Waals surface area contributed by atoms with Gasteiger partial charge in [0.25, 0.3) is 17.5 Å². The highest BCUT2D eigenvalue weighted by atomic mass is 35.5. The van der Waals surface area contributed by atoms with Gasteiger partial charge in [-0.2, -0.15) is 5.10 Å². The first-order chi connectivity index (χ1) is 19.8. The van der Waals surface area contributed by atoms with E-state index >= 15 is 0 Å². The molecule has 2 heterocycles. The molecule has 2 N–H and O–H groups in total. The number of fused-ring (bicyclic) bond motifs is 1. The molecule has 5 aromatic rings. The SMILES string of the molecule is O=C(N/N=C\c1ccccc1OC(=O)c1ccco1)c1ccc(NC(=O)c2sc3cc([N+](=O)[O-])ccc3c2Cl)cc1. The van der Waals surface area contributed by atoms with Crippen LogP contribution in [0.15, 0.2) is 94.6 Å². The molecule has 5 rings (SSSR count). The summed E-state index contributed by atoms with van der Waals surface area (Å²) in [7, 11) is 0. The van der Waals surface area contributed by atoms with Crippen molar-refractivity contribution in [3.05, 3.63) is 122 Å². The van der Waals surface area contributed by atoms with E-state index < -0.39 is 22.7 Å². The van der Waals surface area contributed by atoms with E-state index in [1.165, 1.54) is 61.0 Å². The Hall–Kier alpha value is -5.33. The Morgan fingerprint density at radius 3 is 2.51 bits per heavy atom. The van der Waals surface area contributed by atoms with Gasteiger partial charge >= 0.3 is 5.97 Å². The van der Waals surface area contributed by atoms with E-state index in [0.29, 0.717) is 21.3 Å². The summed E-state index contributed by atoms with van der Waals surface area (Å²) in [5, 5.41) is 18.4. The third kappa shape index (κ3) is 6.13. The molecule has 41 heavy (non-hydrogen) atoms. The number of carbonyl (C=O) groups is 3. The maximum atomic E-state index is 12.8. The molecular formula is C28H17ClN4O7S. The first-order valence-corrected chi connectivity index (χ1v) is 13.0. The van der Waals surface area contributed by atoms with Crippen molar-refractivity contribution in [3.63, 3.8) is 0 Å². The highest BCUT2D eigenvalue weighted by molar-refractivity contribution is 7.21. The molecule has 204 valence electrons. The molecule has 0 aliphatic carbocycles. The highest BCUT2D eigenvalue weighted by Gasteiger charge is 2.20. The number of nitrogens with zero attached hydrogens (tertiary/aromatic N) is 2. The zero-order chi connectivity index (χ0) is 28.9. The van der Waals surface area contributed by atoms with Crippen LogP contribution in [0.2, 0.25) is 5.02 Å². The van der Waals surface area contributed by atoms with Crippen molar-refractivity contribution >= 4 is 68.4 Å². The number of benzene rings is 3. The molecule has 0 aliphatic rings. The van der Waals surface area contributed by atoms with Crippen LogP contribution in [0.5, 0.6) is 5.75 Å². The number of hydrogen-bond acceptors (Lipinski definition) is 9. The minimum atomic E-state index is -0.675. The number of halogens is 1. The summed E-state index contributed by atoms with van der Waals surface area (Å²) < 4.78 is 10.9. The number of nitro benzene ring substituents is 1. The largest absolute Gasteiger partial charge is 0.457 e. The topological polar surface area (TPSA) is 153 Å². The van der Waals surface area contributed by atoms with Crippen LogP contribution < -0.4 is 15.5 Å². The lowest BCUT2D eigenvalue weighted by atomic mass is 10.2. The number of ether oxygens (including phenoxy) is 1. The number of nitro groups is 1. The number of rotatable bonds is 8. The average Bonchev–Trinajstić information content (AvgIpc) is 3.63. The summed E-state index contributed by atoms with van der Waals surface area (Å²) in [5.74, 6) is -1.41. The second kappa shape index (κ2) is 11.8. The molecular weight excluding hydrogens is 572 g/mol. The first kappa shape index (κ1) is 27.2. The molecule has 13 heteroatoms. The van der Waals surface area contributed by atoms with Crippen molar-refractivity contribution < 1.29 is 28.5 Å². The number of hydrazone groups is 1. The monoisotopic (exact) mass is 588 g/mol. The van der Waals surface area contributed by atoms with Crippen LogP contribution in [-0.4, -0.2) is 28.9 Å². The standard InChI is InChI=1S/C28H17ClN4O7S/c29-24-20-12-11-19(33(37)38)14-23(20)41-25(24)27(35)31-18-9-7-16(8-10-18)26(34)32-30-15-17-4-1-2-5-21(17)40-28(36)22-6-3-13-39-22/h1-15H,(H,31,35)(H,32,34)/b30-15-. The molecule has 0 saturated carbocycles. The number of furan rings is 1. The van der Waals surface area contributed by atoms with Gasteiger partial charge < -0.3 is 14.5 Å². The van der Waals surface area contributed by atoms with Crippen molar-refractivity contribution in [1.29, 1.82) is 0 Å². The summed E-state index contributed by atoms with van der Waals surface area (Å²) in [5.41, 5.74) is 3.42. The molecule has 0 saturated heterocycles. The van der Waals surface area contributed by atoms with Gasteiger partial charge in [0.15, 0.2) is 0 Å². The summed E-state index contributed by atoms with van der Waals surface area (Å²) in [6.45, 7) is 0. The van der Waals surface area contributed by atoms with Gasteiger partial charge in [-0.25, -0.2) is 10.2 Å². The molecule has 0 radical (unpaired) electrons. The number of carbonyl (C=O) groups excluding carboxylic acids is 3. The van der Waals surface area contributed by atoms with E-state index in [-0.39, 0.29) is 32.7 Å². The predicted molar refractivity (Wildman–Crippen MR) is 153 cm³/mol. The van der Waals surface area contributed by atoms with Crippen molar-refractivity contribution in [2.24, 2.45) is 5.10 Å². The molecule has 3 aromatic carbocycles. The minimum absolute atomic E-state index is 0.0443. The Kier molecular flexibility index (Phi) is 7.85. The maximum absolute atomic E-state index is 12.8. The molecule has 11 nitrogen and oxygen atoms in total. The predicted octanol–water partition coefficient (Wildman–Crippen LogP) is 6.29. The molecule has 2 aromatic heterocycles. The van der Waals surface area contributed by atoms with Crippen molar-refractivity contribution in [3.8, 4) is 5.75 Å². The summed E-state index contributed by atoms with van der Waals surface area (Å²) in [6.07, 6.45) is 2.69. The second-order valence-corrected chi connectivity index (χ2v) is 9.75. The fourth-order valence-electron chi connectivity index (χ4n) is 3.66. The number of thiophene rings is 1. The Morgan fingerprint density at radius 2 is 1.78 bits per heavy atom. The van der Waals surface area contributed by atoms with Gasteiger partial charge in [0.2, 0.25) is 5.76 Å². The van der Waals surface area contributed by atoms with Crippen LogP contribution in [0, 0.1) is 10.1 Å². The number of para-hydroxylation sites is 1. The number of nitrogens with one attached hydrogen (secondary N) is 2. The Balaban J connectivity index is 1.21. The fraction of sp³-hybridized carbons (Fsp3) is 0. The lowest BCUT2D eigenvalue weighted by molar-refractivity contribution is -0.384. The quantitative estimate of drug-likeness (QED) is 0.0709. The summed E-state index contributed by atoms with van der Waals surface area (Å²) in [4.78, 5) is 48.3. The molecule has 0 fully saturated rings. The maximum Gasteiger partial charge on any atom is 0.379 e.